The van der Waals surface area contributed by atoms with Crippen molar-refractivity contribution in [3.63, 3.8) is 0 Å². The maximum atomic E-state index is 13.4. The quantitative estimate of drug-likeness (QED) is 0.659. The summed E-state index contributed by atoms with van der Waals surface area (Å²) in [6, 6.07) is 1.57. The molecule has 1 amide bonds. The number of rotatable bonds is 0. The Labute approximate surface area is 99.1 Å². The fourth-order valence-electron chi connectivity index (χ4n) is 1.58. The zero-order valence-electron chi connectivity index (χ0n) is 10.2. The van der Waals surface area contributed by atoms with Crippen molar-refractivity contribution < 1.29 is 18.3 Å². The SMILES string of the molecule is CC(C)(C)OC(=O)N1CCC(C#N)C(F)(F)C1. The minimum atomic E-state index is -3.16. The second-order valence-corrected chi connectivity index (χ2v) is 5.13. The molecule has 1 aliphatic heterocycles. The first kappa shape index (κ1) is 13.7. The van der Waals surface area contributed by atoms with Crippen LogP contribution in [0.5, 0.6) is 0 Å². The van der Waals surface area contributed by atoms with Gasteiger partial charge in [-0.05, 0) is 27.2 Å². The number of hydrogen-bond acceptors (Lipinski definition) is 3. The van der Waals surface area contributed by atoms with Gasteiger partial charge in [-0.1, -0.05) is 0 Å². The first-order chi connectivity index (χ1) is 7.65. The molecule has 17 heavy (non-hydrogen) atoms. The highest BCUT2D eigenvalue weighted by Gasteiger charge is 2.46. The number of amides is 1. The van der Waals surface area contributed by atoms with E-state index in [0.717, 1.165) is 4.90 Å². The standard InChI is InChI=1S/C11H16F2N2O2/c1-10(2,3)17-9(16)15-5-4-8(6-14)11(12,13)7-15/h8H,4-5,7H2,1-3H3. The summed E-state index contributed by atoms with van der Waals surface area (Å²) in [5.74, 6) is -4.48. The molecule has 1 saturated heterocycles. The third-order valence-electron chi connectivity index (χ3n) is 2.41. The van der Waals surface area contributed by atoms with Crippen LogP contribution in [0.3, 0.4) is 0 Å². The van der Waals surface area contributed by atoms with Crippen molar-refractivity contribution in [1.29, 1.82) is 5.26 Å². The molecule has 1 aliphatic rings. The van der Waals surface area contributed by atoms with Crippen LogP contribution in [0.4, 0.5) is 13.6 Å². The highest BCUT2D eigenvalue weighted by molar-refractivity contribution is 5.68. The van der Waals surface area contributed by atoms with Gasteiger partial charge < -0.3 is 9.64 Å². The van der Waals surface area contributed by atoms with Crippen LogP contribution in [0.25, 0.3) is 0 Å². The van der Waals surface area contributed by atoms with Crippen LogP contribution in [-0.2, 0) is 4.74 Å². The maximum Gasteiger partial charge on any atom is 0.410 e. The Hall–Kier alpha value is -1.38. The molecule has 0 radical (unpaired) electrons. The number of nitriles is 1. The molecule has 1 fully saturated rings. The molecule has 1 atom stereocenters. The first-order valence-electron chi connectivity index (χ1n) is 5.41. The molecule has 96 valence electrons. The summed E-state index contributed by atoms with van der Waals surface area (Å²) in [5, 5.41) is 8.57. The number of likely N-dealkylation sites (tertiary alicyclic amines) is 1. The van der Waals surface area contributed by atoms with Gasteiger partial charge in [-0.3, -0.25) is 0 Å². The summed E-state index contributed by atoms with van der Waals surface area (Å²) < 4.78 is 31.9. The minimum absolute atomic E-state index is 0.0251. The Bertz CT molecular complexity index is 344. The zero-order chi connectivity index (χ0) is 13.3. The molecule has 0 saturated carbocycles. The molecule has 0 aromatic heterocycles. The fourth-order valence-corrected chi connectivity index (χ4v) is 1.58. The predicted octanol–water partition coefficient (Wildman–Crippen LogP) is 2.40. The highest BCUT2D eigenvalue weighted by Crippen LogP contribution is 2.32. The van der Waals surface area contributed by atoms with Crippen molar-refractivity contribution in [3.05, 3.63) is 0 Å². The Morgan fingerprint density at radius 3 is 2.53 bits per heavy atom. The third kappa shape index (κ3) is 3.55. The molecule has 0 N–H and O–H groups in total. The van der Waals surface area contributed by atoms with Gasteiger partial charge in [0, 0.05) is 6.54 Å². The van der Waals surface area contributed by atoms with E-state index >= 15 is 0 Å². The Kier molecular flexibility index (Phi) is 3.60. The lowest BCUT2D eigenvalue weighted by molar-refractivity contribution is -0.0929. The van der Waals surface area contributed by atoms with Gasteiger partial charge in [-0.15, -0.1) is 0 Å². The molecule has 0 bridgehead atoms. The lowest BCUT2D eigenvalue weighted by Crippen LogP contribution is -2.51. The van der Waals surface area contributed by atoms with E-state index in [-0.39, 0.29) is 13.0 Å². The van der Waals surface area contributed by atoms with Gasteiger partial charge in [0.05, 0.1) is 12.6 Å². The van der Waals surface area contributed by atoms with Crippen LogP contribution in [0, 0.1) is 17.2 Å². The van der Waals surface area contributed by atoms with E-state index in [1.165, 1.54) is 0 Å². The van der Waals surface area contributed by atoms with E-state index in [4.69, 9.17) is 10.00 Å². The minimum Gasteiger partial charge on any atom is -0.444 e. The van der Waals surface area contributed by atoms with Gasteiger partial charge in [-0.25, -0.2) is 13.6 Å². The van der Waals surface area contributed by atoms with Crippen LogP contribution in [0.1, 0.15) is 27.2 Å². The highest BCUT2D eigenvalue weighted by atomic mass is 19.3. The van der Waals surface area contributed by atoms with Gasteiger partial charge in [0.1, 0.15) is 11.5 Å². The molecule has 1 rings (SSSR count). The van der Waals surface area contributed by atoms with E-state index in [9.17, 15) is 13.6 Å². The molecule has 0 aliphatic carbocycles. The molecule has 1 heterocycles. The molecule has 4 nitrogen and oxygen atoms in total. The van der Waals surface area contributed by atoms with E-state index in [1.807, 2.05) is 0 Å². The molecular weight excluding hydrogens is 230 g/mol. The fraction of sp³-hybridized carbons (Fsp3) is 0.818. The second-order valence-electron chi connectivity index (χ2n) is 5.13. The van der Waals surface area contributed by atoms with E-state index in [1.54, 1.807) is 26.8 Å². The number of carbonyl (C=O) groups is 1. The molecule has 6 heteroatoms. The van der Waals surface area contributed by atoms with E-state index in [0.29, 0.717) is 0 Å². The van der Waals surface area contributed by atoms with Gasteiger partial charge in [0.2, 0.25) is 0 Å². The van der Waals surface area contributed by atoms with Crippen LogP contribution in [-0.4, -0.2) is 35.6 Å². The van der Waals surface area contributed by atoms with E-state index in [2.05, 4.69) is 0 Å². The number of carbonyl (C=O) groups excluding carboxylic acids is 1. The lowest BCUT2D eigenvalue weighted by atomic mass is 9.95. The average molecular weight is 246 g/mol. The monoisotopic (exact) mass is 246 g/mol. The molecule has 0 aromatic carbocycles. The largest absolute Gasteiger partial charge is 0.444 e. The first-order valence-corrected chi connectivity index (χ1v) is 5.41. The Balaban J connectivity index is 2.66. The van der Waals surface area contributed by atoms with Gasteiger partial charge in [0.25, 0.3) is 5.92 Å². The van der Waals surface area contributed by atoms with Crippen molar-refractivity contribution in [2.75, 3.05) is 13.1 Å². The number of halogens is 2. The van der Waals surface area contributed by atoms with Crippen molar-refractivity contribution in [2.45, 2.75) is 38.7 Å². The van der Waals surface area contributed by atoms with Crippen molar-refractivity contribution in [3.8, 4) is 6.07 Å². The Morgan fingerprint density at radius 2 is 2.12 bits per heavy atom. The second kappa shape index (κ2) is 4.47. The summed E-state index contributed by atoms with van der Waals surface area (Å²) in [7, 11) is 0. The van der Waals surface area contributed by atoms with Crippen molar-refractivity contribution >= 4 is 6.09 Å². The van der Waals surface area contributed by atoms with Crippen LogP contribution >= 0.6 is 0 Å². The topological polar surface area (TPSA) is 53.3 Å². The zero-order valence-corrected chi connectivity index (χ0v) is 10.2. The number of nitrogens with zero attached hydrogens (tertiary/aromatic N) is 2. The van der Waals surface area contributed by atoms with Crippen LogP contribution in [0.15, 0.2) is 0 Å². The number of ether oxygens (including phenoxy) is 1. The van der Waals surface area contributed by atoms with E-state index < -0.39 is 30.1 Å². The van der Waals surface area contributed by atoms with Crippen molar-refractivity contribution in [2.24, 2.45) is 5.92 Å². The van der Waals surface area contributed by atoms with Crippen LogP contribution < -0.4 is 0 Å². The smallest absolute Gasteiger partial charge is 0.410 e. The normalized spacial score (nSPS) is 24.0. The molecule has 0 aromatic rings. The number of alkyl halides is 2. The van der Waals surface area contributed by atoms with Gasteiger partial charge in [-0.2, -0.15) is 5.26 Å². The van der Waals surface area contributed by atoms with Crippen molar-refractivity contribution in [1.82, 2.24) is 4.90 Å². The number of piperidine rings is 1. The summed E-state index contributed by atoms with van der Waals surface area (Å²) in [5.41, 5.74) is -0.710. The molecule has 0 spiro atoms. The number of hydrogen-bond donors (Lipinski definition) is 0. The molecular formula is C11H16F2N2O2. The lowest BCUT2D eigenvalue weighted by Gasteiger charge is -2.36. The predicted molar refractivity (Wildman–Crippen MR) is 56.5 cm³/mol. The summed E-state index contributed by atoms with van der Waals surface area (Å²) >= 11 is 0. The summed E-state index contributed by atoms with van der Waals surface area (Å²) in [6.07, 6.45) is -0.781. The van der Waals surface area contributed by atoms with Gasteiger partial charge in [0.15, 0.2) is 0 Å². The third-order valence-corrected chi connectivity index (χ3v) is 2.41. The van der Waals surface area contributed by atoms with Gasteiger partial charge >= 0.3 is 6.09 Å². The Morgan fingerprint density at radius 1 is 1.53 bits per heavy atom. The average Bonchev–Trinajstić information content (AvgIpc) is 2.13. The van der Waals surface area contributed by atoms with Crippen LogP contribution in [0.2, 0.25) is 0 Å². The summed E-state index contributed by atoms with van der Waals surface area (Å²) in [6.45, 7) is 4.39. The maximum absolute atomic E-state index is 13.4. The summed E-state index contributed by atoms with van der Waals surface area (Å²) in [4.78, 5) is 12.5. The molecule has 1 unspecified atom stereocenters.